The fraction of sp³-hybridized carbons (Fsp3) is 0.667. The van der Waals surface area contributed by atoms with Gasteiger partial charge in [0, 0.05) is 17.1 Å². The highest BCUT2D eigenvalue weighted by molar-refractivity contribution is 7.09. The summed E-state index contributed by atoms with van der Waals surface area (Å²) in [5, 5.41) is 0. The highest BCUT2D eigenvalue weighted by Crippen LogP contribution is 2.10. The van der Waals surface area contributed by atoms with Crippen LogP contribution in [0.1, 0.15) is 17.5 Å². The van der Waals surface area contributed by atoms with Crippen molar-refractivity contribution in [3.8, 4) is 0 Å². The Hall–Kier alpha value is -0.610. The fourth-order valence-electron chi connectivity index (χ4n) is 1.18. The molecule has 0 saturated carbocycles. The van der Waals surface area contributed by atoms with Crippen molar-refractivity contribution in [2.24, 2.45) is 11.7 Å². The number of aromatic nitrogens is 1. The van der Waals surface area contributed by atoms with E-state index in [-0.39, 0.29) is 4.87 Å². The molecule has 0 aliphatic carbocycles. The maximum absolute atomic E-state index is 11.5. The second-order valence-corrected chi connectivity index (χ2v) is 4.63. The van der Waals surface area contributed by atoms with Gasteiger partial charge < -0.3 is 10.3 Å². The largest absolute Gasteiger partial charge is 0.330 e. The first-order valence-electron chi connectivity index (χ1n) is 4.43. The van der Waals surface area contributed by atoms with Crippen molar-refractivity contribution in [2.75, 3.05) is 6.54 Å². The Kier molecular flexibility index (Phi) is 3.27. The first-order valence-corrected chi connectivity index (χ1v) is 5.24. The number of thiazole rings is 1. The van der Waals surface area contributed by atoms with Crippen LogP contribution in [0.15, 0.2) is 4.79 Å². The molecule has 0 radical (unpaired) electrons. The Morgan fingerprint density at radius 1 is 1.54 bits per heavy atom. The van der Waals surface area contributed by atoms with Crippen molar-refractivity contribution < 1.29 is 0 Å². The Balaban J connectivity index is 2.94. The molecule has 1 rings (SSSR count). The van der Waals surface area contributed by atoms with Gasteiger partial charge in [-0.05, 0) is 26.3 Å². The predicted octanol–water partition coefficient (Wildman–Crippen LogP) is 1.12. The highest BCUT2D eigenvalue weighted by Gasteiger charge is 2.09. The molecule has 2 N–H and O–H groups in total. The molecule has 1 heterocycles. The maximum Gasteiger partial charge on any atom is 0.307 e. The third-order valence-electron chi connectivity index (χ3n) is 2.27. The molecule has 0 spiro atoms. The number of hydrogen-bond donors (Lipinski definition) is 1. The summed E-state index contributed by atoms with van der Waals surface area (Å²) in [6.07, 6.45) is 0. The summed E-state index contributed by atoms with van der Waals surface area (Å²) >= 11 is 1.31. The molecule has 0 saturated heterocycles. The number of aryl methyl sites for hydroxylation is 1. The Labute approximate surface area is 82.2 Å². The van der Waals surface area contributed by atoms with Gasteiger partial charge in [0.05, 0.1) is 0 Å². The van der Waals surface area contributed by atoms with E-state index < -0.39 is 0 Å². The van der Waals surface area contributed by atoms with Crippen molar-refractivity contribution in [2.45, 2.75) is 27.3 Å². The number of hydrogen-bond acceptors (Lipinski definition) is 3. The summed E-state index contributed by atoms with van der Waals surface area (Å²) in [6, 6.07) is 0. The normalized spacial score (nSPS) is 13.2. The van der Waals surface area contributed by atoms with Crippen LogP contribution in [0.3, 0.4) is 0 Å². The highest BCUT2D eigenvalue weighted by atomic mass is 32.1. The first-order chi connectivity index (χ1) is 6.06. The lowest BCUT2D eigenvalue weighted by Crippen LogP contribution is -2.23. The fourth-order valence-corrected chi connectivity index (χ4v) is 2.03. The number of nitrogens with two attached hydrogens (primary N) is 1. The molecule has 0 aliphatic heterocycles. The van der Waals surface area contributed by atoms with Crippen LogP contribution in [0, 0.1) is 19.8 Å². The van der Waals surface area contributed by atoms with Gasteiger partial charge in [0.25, 0.3) is 0 Å². The Bertz CT molecular complexity index is 340. The Morgan fingerprint density at radius 3 is 2.54 bits per heavy atom. The molecule has 0 amide bonds. The monoisotopic (exact) mass is 200 g/mol. The minimum absolute atomic E-state index is 0.135. The van der Waals surface area contributed by atoms with Crippen LogP contribution in [0.25, 0.3) is 0 Å². The zero-order valence-electron chi connectivity index (χ0n) is 8.33. The lowest BCUT2D eigenvalue weighted by atomic mass is 10.2. The summed E-state index contributed by atoms with van der Waals surface area (Å²) in [7, 11) is 0. The van der Waals surface area contributed by atoms with E-state index >= 15 is 0 Å². The van der Waals surface area contributed by atoms with E-state index in [0.29, 0.717) is 12.5 Å². The molecule has 4 heteroatoms. The van der Waals surface area contributed by atoms with Gasteiger partial charge in [0.2, 0.25) is 0 Å². The molecular formula is C9H16N2OS. The van der Waals surface area contributed by atoms with Crippen molar-refractivity contribution in [3.05, 3.63) is 20.2 Å². The smallest absolute Gasteiger partial charge is 0.307 e. The molecule has 1 aromatic rings. The summed E-state index contributed by atoms with van der Waals surface area (Å²) < 4.78 is 1.82. The van der Waals surface area contributed by atoms with Gasteiger partial charge in [-0.1, -0.05) is 18.3 Å². The van der Waals surface area contributed by atoms with Gasteiger partial charge in [-0.25, -0.2) is 0 Å². The summed E-state index contributed by atoms with van der Waals surface area (Å²) in [4.78, 5) is 12.7. The third kappa shape index (κ3) is 2.19. The predicted molar refractivity (Wildman–Crippen MR) is 56.3 cm³/mol. The SMILES string of the molecule is Cc1sc(=O)n(CC(C)CN)c1C. The van der Waals surface area contributed by atoms with Crippen molar-refractivity contribution in [1.82, 2.24) is 4.57 Å². The summed E-state index contributed by atoms with van der Waals surface area (Å²) in [5.41, 5.74) is 6.59. The molecule has 1 atom stereocenters. The van der Waals surface area contributed by atoms with Gasteiger partial charge >= 0.3 is 4.87 Å². The molecule has 0 aromatic carbocycles. The van der Waals surface area contributed by atoms with E-state index in [4.69, 9.17) is 5.73 Å². The van der Waals surface area contributed by atoms with E-state index in [1.807, 2.05) is 18.4 Å². The Morgan fingerprint density at radius 2 is 2.15 bits per heavy atom. The lowest BCUT2D eigenvalue weighted by Gasteiger charge is -2.10. The topological polar surface area (TPSA) is 48.0 Å². The molecule has 0 bridgehead atoms. The number of nitrogens with zero attached hydrogens (tertiary/aromatic N) is 1. The summed E-state index contributed by atoms with van der Waals surface area (Å²) in [5.74, 6) is 0.366. The van der Waals surface area contributed by atoms with E-state index in [1.165, 1.54) is 11.3 Å². The van der Waals surface area contributed by atoms with Crippen LogP contribution in [0.2, 0.25) is 0 Å². The molecule has 0 fully saturated rings. The molecule has 1 unspecified atom stereocenters. The van der Waals surface area contributed by atoms with Gasteiger partial charge in [-0.3, -0.25) is 4.79 Å². The second kappa shape index (κ2) is 4.07. The first kappa shape index (κ1) is 10.5. The zero-order valence-corrected chi connectivity index (χ0v) is 9.15. The van der Waals surface area contributed by atoms with Gasteiger partial charge in [-0.15, -0.1) is 0 Å². The van der Waals surface area contributed by atoms with Gasteiger partial charge in [0.1, 0.15) is 0 Å². The summed E-state index contributed by atoms with van der Waals surface area (Å²) in [6.45, 7) is 7.38. The lowest BCUT2D eigenvalue weighted by molar-refractivity contribution is 0.480. The second-order valence-electron chi connectivity index (χ2n) is 3.46. The van der Waals surface area contributed by atoms with Crippen molar-refractivity contribution >= 4 is 11.3 Å². The van der Waals surface area contributed by atoms with Crippen molar-refractivity contribution in [3.63, 3.8) is 0 Å². The van der Waals surface area contributed by atoms with Crippen LogP contribution in [-0.2, 0) is 6.54 Å². The van der Waals surface area contributed by atoms with E-state index in [2.05, 4.69) is 6.92 Å². The molecule has 0 aliphatic rings. The average Bonchev–Trinajstić information content (AvgIpc) is 2.32. The van der Waals surface area contributed by atoms with Crippen LogP contribution in [-0.4, -0.2) is 11.1 Å². The van der Waals surface area contributed by atoms with Crippen LogP contribution in [0.5, 0.6) is 0 Å². The average molecular weight is 200 g/mol. The van der Waals surface area contributed by atoms with Crippen LogP contribution in [0.4, 0.5) is 0 Å². The van der Waals surface area contributed by atoms with E-state index in [0.717, 1.165) is 17.1 Å². The standard InChI is InChI=1S/C9H16N2OS/c1-6(4-10)5-11-7(2)8(3)13-9(11)12/h6H,4-5,10H2,1-3H3. The van der Waals surface area contributed by atoms with Crippen LogP contribution < -0.4 is 10.6 Å². The maximum atomic E-state index is 11.5. The van der Waals surface area contributed by atoms with E-state index in [1.54, 1.807) is 0 Å². The van der Waals surface area contributed by atoms with Crippen molar-refractivity contribution in [1.29, 1.82) is 0 Å². The van der Waals surface area contributed by atoms with E-state index in [9.17, 15) is 4.79 Å². The number of rotatable bonds is 3. The van der Waals surface area contributed by atoms with Gasteiger partial charge in [-0.2, -0.15) is 0 Å². The van der Waals surface area contributed by atoms with Gasteiger partial charge in [0.15, 0.2) is 0 Å². The molecule has 3 nitrogen and oxygen atoms in total. The third-order valence-corrected chi connectivity index (χ3v) is 3.27. The molecule has 13 heavy (non-hydrogen) atoms. The van der Waals surface area contributed by atoms with Crippen LogP contribution >= 0.6 is 11.3 Å². The molecule has 74 valence electrons. The molecular weight excluding hydrogens is 184 g/mol. The quantitative estimate of drug-likeness (QED) is 0.795. The minimum atomic E-state index is 0.135. The zero-order chi connectivity index (χ0) is 10.0. The minimum Gasteiger partial charge on any atom is -0.330 e. The molecule has 1 aromatic heterocycles.